The van der Waals surface area contributed by atoms with Crippen LogP contribution in [0.4, 0.5) is 0 Å². The molecule has 0 aliphatic carbocycles. The molecule has 2 aromatic heterocycles. The molecular formula is C50H58N4. The Bertz CT molecular complexity index is 2370. The fourth-order valence-electron chi connectivity index (χ4n) is 10.5. The van der Waals surface area contributed by atoms with Crippen molar-refractivity contribution in [1.82, 2.24) is 19.9 Å². The fourth-order valence-corrected chi connectivity index (χ4v) is 10.5. The van der Waals surface area contributed by atoms with Crippen molar-refractivity contribution in [3.63, 3.8) is 0 Å². The largest absolute Gasteiger partial charge is 0.253 e. The van der Waals surface area contributed by atoms with E-state index in [0.717, 1.165) is 79.0 Å². The van der Waals surface area contributed by atoms with Gasteiger partial charge in [-0.2, -0.15) is 0 Å². The Balaban J connectivity index is 1.63. The predicted octanol–water partition coefficient (Wildman–Crippen LogP) is 13.8. The molecule has 4 nitrogen and oxygen atoms in total. The van der Waals surface area contributed by atoms with E-state index in [9.17, 15) is 0 Å². The first-order chi connectivity index (χ1) is 26.0. The minimum absolute atomic E-state index is 0.00619. The third-order valence-electron chi connectivity index (χ3n) is 13.0. The predicted molar refractivity (Wildman–Crippen MR) is 232 cm³/mol. The van der Waals surface area contributed by atoms with Crippen molar-refractivity contribution in [2.24, 2.45) is 28.6 Å². The van der Waals surface area contributed by atoms with E-state index in [-0.39, 0.29) is 10.8 Å². The van der Waals surface area contributed by atoms with Gasteiger partial charge in [-0.05, 0) is 152 Å². The molecule has 7 rings (SSSR count). The maximum Gasteiger partial charge on any atom is 0.0893 e. The molecule has 278 valence electrons. The average molecular weight is 715 g/mol. The number of aryl methyl sites for hydroxylation is 1. The highest BCUT2D eigenvalue weighted by Crippen LogP contribution is 2.48. The Hall–Kier alpha value is -4.62. The molecule has 0 aliphatic rings. The minimum Gasteiger partial charge on any atom is -0.253 e. The number of rotatable bonds is 12. The van der Waals surface area contributed by atoms with E-state index in [1.54, 1.807) is 24.8 Å². The second kappa shape index (κ2) is 15.3. The quantitative estimate of drug-likeness (QED) is 0.0934. The molecule has 54 heavy (non-hydrogen) atoms. The third-order valence-corrected chi connectivity index (χ3v) is 13.0. The van der Waals surface area contributed by atoms with Gasteiger partial charge >= 0.3 is 0 Å². The highest BCUT2D eigenvalue weighted by molar-refractivity contribution is 6.16. The van der Waals surface area contributed by atoms with E-state index < -0.39 is 0 Å². The van der Waals surface area contributed by atoms with Crippen LogP contribution in [0.15, 0.2) is 73.3 Å². The standard InChI is InChI=1S/C50H58N4/c1-10-15-49(16-11-2,17-12-3)18-13-39-41-24-35-28-45-47(53-22-20-51-45)30-37(35)26-43(41)40(14-19-50(32(4)5,33(6)7)34(8)9)44-27-38-31-48-46(52-21-23-54-48)29-36(38)25-42(39)44/h20-34H,10-12,14-17,19H2,1-9H3. The number of hydrogen-bond donors (Lipinski definition) is 0. The Morgan fingerprint density at radius 2 is 0.833 bits per heavy atom. The van der Waals surface area contributed by atoms with Gasteiger partial charge in [0.15, 0.2) is 0 Å². The SMILES string of the molecule is CCCC(C#Cc1c2cc3cc4nccnc4cc3cc2c(CCC(C(C)C)(C(C)C)C(C)C)c2cc3cc4nccnc4cc3cc12)(CCC)CCC. The summed E-state index contributed by atoms with van der Waals surface area (Å²) in [4.78, 5) is 18.8. The smallest absolute Gasteiger partial charge is 0.0893 e. The van der Waals surface area contributed by atoms with Gasteiger partial charge in [0.05, 0.1) is 22.1 Å². The van der Waals surface area contributed by atoms with E-state index >= 15 is 0 Å². The lowest BCUT2D eigenvalue weighted by atomic mass is 9.59. The summed E-state index contributed by atoms with van der Waals surface area (Å²) in [7, 11) is 0. The van der Waals surface area contributed by atoms with Crippen LogP contribution < -0.4 is 0 Å². The van der Waals surface area contributed by atoms with Crippen LogP contribution in [-0.4, -0.2) is 19.9 Å². The van der Waals surface area contributed by atoms with Gasteiger partial charge in [-0.1, -0.05) is 93.4 Å². The first-order valence-corrected chi connectivity index (χ1v) is 20.7. The Morgan fingerprint density at radius 1 is 0.481 bits per heavy atom. The molecule has 0 amide bonds. The highest BCUT2D eigenvalue weighted by Gasteiger charge is 2.39. The van der Waals surface area contributed by atoms with Crippen molar-refractivity contribution in [1.29, 1.82) is 0 Å². The summed E-state index contributed by atoms with van der Waals surface area (Å²) < 4.78 is 0. The van der Waals surface area contributed by atoms with Crippen LogP contribution in [0, 0.1) is 40.4 Å². The topological polar surface area (TPSA) is 51.6 Å². The number of fused-ring (bicyclic) bond motifs is 6. The molecule has 4 heteroatoms. The lowest BCUT2D eigenvalue weighted by Gasteiger charge is -2.46. The molecule has 0 aliphatic heterocycles. The second-order valence-electron chi connectivity index (χ2n) is 17.0. The van der Waals surface area contributed by atoms with Crippen LogP contribution in [0.3, 0.4) is 0 Å². The van der Waals surface area contributed by atoms with Gasteiger partial charge in [0.25, 0.3) is 0 Å². The van der Waals surface area contributed by atoms with E-state index in [1.165, 1.54) is 48.7 Å². The molecule has 0 radical (unpaired) electrons. The Morgan fingerprint density at radius 3 is 1.17 bits per heavy atom. The molecule has 0 unspecified atom stereocenters. The molecule has 0 N–H and O–H groups in total. The number of hydrogen-bond acceptors (Lipinski definition) is 4. The van der Waals surface area contributed by atoms with E-state index in [4.69, 9.17) is 19.9 Å². The van der Waals surface area contributed by atoms with Gasteiger partial charge in [0, 0.05) is 35.8 Å². The summed E-state index contributed by atoms with van der Waals surface area (Å²) in [6, 6.07) is 18.5. The van der Waals surface area contributed by atoms with Crippen LogP contribution in [0.1, 0.15) is 118 Å². The van der Waals surface area contributed by atoms with Crippen molar-refractivity contribution >= 4 is 65.2 Å². The van der Waals surface area contributed by atoms with Gasteiger partial charge in [-0.15, -0.1) is 0 Å². The van der Waals surface area contributed by atoms with Crippen LogP contribution >= 0.6 is 0 Å². The molecule has 0 atom stereocenters. The van der Waals surface area contributed by atoms with Gasteiger partial charge < -0.3 is 0 Å². The molecule has 0 saturated carbocycles. The van der Waals surface area contributed by atoms with E-state index in [0.29, 0.717) is 17.8 Å². The molecule has 7 aromatic rings. The molecular weight excluding hydrogens is 657 g/mol. The highest BCUT2D eigenvalue weighted by atomic mass is 14.8. The summed E-state index contributed by atoms with van der Waals surface area (Å²) in [6.07, 6.45) is 16.0. The van der Waals surface area contributed by atoms with Crippen molar-refractivity contribution in [2.45, 2.75) is 114 Å². The number of aromatic nitrogens is 4. The van der Waals surface area contributed by atoms with Gasteiger partial charge in [0.2, 0.25) is 0 Å². The van der Waals surface area contributed by atoms with Crippen molar-refractivity contribution in [3.8, 4) is 11.8 Å². The monoisotopic (exact) mass is 714 g/mol. The number of nitrogens with zero attached hydrogens (tertiary/aromatic N) is 4. The van der Waals surface area contributed by atoms with Gasteiger partial charge in [0.1, 0.15) is 0 Å². The lowest BCUT2D eigenvalue weighted by molar-refractivity contribution is 0.0393. The maximum absolute atomic E-state index is 4.70. The zero-order chi connectivity index (χ0) is 38.2. The summed E-state index contributed by atoms with van der Waals surface area (Å²) in [5.74, 6) is 9.66. The first kappa shape index (κ1) is 37.7. The second-order valence-corrected chi connectivity index (χ2v) is 17.0. The van der Waals surface area contributed by atoms with E-state index in [1.807, 2.05) is 0 Å². The maximum atomic E-state index is 4.70. The van der Waals surface area contributed by atoms with Gasteiger partial charge in [-0.3, -0.25) is 19.9 Å². The van der Waals surface area contributed by atoms with Crippen LogP contribution in [0.2, 0.25) is 0 Å². The summed E-state index contributed by atoms with van der Waals surface area (Å²) in [5, 5.41) is 9.82. The molecule has 2 heterocycles. The molecule has 0 spiro atoms. The van der Waals surface area contributed by atoms with Crippen molar-refractivity contribution in [2.75, 3.05) is 0 Å². The summed E-state index contributed by atoms with van der Waals surface area (Å²) >= 11 is 0. The molecule has 0 fully saturated rings. The summed E-state index contributed by atoms with van der Waals surface area (Å²) in [6.45, 7) is 21.5. The Kier molecular flexibility index (Phi) is 10.6. The lowest BCUT2D eigenvalue weighted by Crippen LogP contribution is -2.38. The zero-order valence-electron chi connectivity index (χ0n) is 34.1. The normalized spacial score (nSPS) is 12.7. The summed E-state index contributed by atoms with van der Waals surface area (Å²) in [5.41, 5.74) is 6.44. The van der Waals surface area contributed by atoms with Crippen LogP contribution in [-0.2, 0) is 6.42 Å². The molecule has 0 bridgehead atoms. The first-order valence-electron chi connectivity index (χ1n) is 20.7. The molecule has 0 saturated heterocycles. The van der Waals surface area contributed by atoms with Crippen LogP contribution in [0.25, 0.3) is 65.2 Å². The van der Waals surface area contributed by atoms with Crippen molar-refractivity contribution < 1.29 is 0 Å². The van der Waals surface area contributed by atoms with E-state index in [2.05, 4.69) is 123 Å². The minimum atomic E-state index is 0.00619. The third kappa shape index (κ3) is 6.70. The van der Waals surface area contributed by atoms with Gasteiger partial charge in [-0.25, -0.2) is 0 Å². The molecule has 5 aromatic carbocycles. The number of benzene rings is 5. The Labute approximate surface area is 322 Å². The van der Waals surface area contributed by atoms with Crippen LogP contribution in [0.5, 0.6) is 0 Å². The zero-order valence-corrected chi connectivity index (χ0v) is 34.1. The fraction of sp³-hybridized carbons (Fsp3) is 0.440. The average Bonchev–Trinajstić information content (AvgIpc) is 3.14. The van der Waals surface area contributed by atoms with Crippen molar-refractivity contribution in [3.05, 3.63) is 84.4 Å².